The zero-order valence-electron chi connectivity index (χ0n) is 8.87. The predicted molar refractivity (Wildman–Crippen MR) is 54.7 cm³/mol. The maximum absolute atomic E-state index is 11.9. The van der Waals surface area contributed by atoms with Crippen molar-refractivity contribution in [2.45, 2.75) is 31.8 Å². The molecule has 1 aliphatic rings. The summed E-state index contributed by atoms with van der Waals surface area (Å²) in [6.45, 7) is -1.25. The van der Waals surface area contributed by atoms with Crippen LogP contribution in [-0.2, 0) is 10.2 Å². The third-order valence-electron chi connectivity index (χ3n) is 3.06. The van der Waals surface area contributed by atoms with E-state index in [9.17, 15) is 13.6 Å². The molecule has 0 saturated heterocycles. The van der Waals surface area contributed by atoms with Gasteiger partial charge in [-0.05, 0) is 37.5 Å². The Balaban J connectivity index is 2.17. The molecule has 86 valence electrons. The Morgan fingerprint density at radius 2 is 1.88 bits per heavy atom. The largest absolute Gasteiger partial charge is 0.435 e. The summed E-state index contributed by atoms with van der Waals surface area (Å²) < 4.78 is 28.1. The summed E-state index contributed by atoms with van der Waals surface area (Å²) in [5.41, 5.74) is 0.533. The van der Waals surface area contributed by atoms with Gasteiger partial charge in [-0.15, -0.1) is 0 Å². The highest BCUT2D eigenvalue weighted by molar-refractivity contribution is 5.91. The SMILES string of the molecule is CC(=O)C1(c2ccc(OC(F)F)cc2)CC1. The van der Waals surface area contributed by atoms with E-state index >= 15 is 0 Å². The van der Waals surface area contributed by atoms with E-state index in [0.29, 0.717) is 0 Å². The molecule has 0 bridgehead atoms. The molecule has 4 heteroatoms. The maximum atomic E-state index is 11.9. The minimum Gasteiger partial charge on any atom is -0.435 e. The van der Waals surface area contributed by atoms with E-state index < -0.39 is 6.61 Å². The molecule has 1 saturated carbocycles. The summed E-state index contributed by atoms with van der Waals surface area (Å²) in [5.74, 6) is 0.258. The van der Waals surface area contributed by atoms with E-state index in [2.05, 4.69) is 4.74 Å². The molecule has 2 rings (SSSR count). The topological polar surface area (TPSA) is 26.3 Å². The summed E-state index contributed by atoms with van der Waals surface area (Å²) in [7, 11) is 0. The van der Waals surface area contributed by atoms with Crippen LogP contribution >= 0.6 is 0 Å². The number of carbonyl (C=O) groups is 1. The third kappa shape index (κ3) is 1.92. The van der Waals surface area contributed by atoms with Crippen molar-refractivity contribution >= 4 is 5.78 Å². The number of alkyl halides is 2. The smallest absolute Gasteiger partial charge is 0.387 e. The molecule has 0 atom stereocenters. The number of hydrogen-bond donors (Lipinski definition) is 0. The summed E-state index contributed by atoms with van der Waals surface area (Å²) in [6, 6.07) is 6.33. The molecular formula is C12H12F2O2. The number of benzene rings is 1. The van der Waals surface area contributed by atoms with Crippen LogP contribution in [0.4, 0.5) is 8.78 Å². The lowest BCUT2D eigenvalue weighted by Crippen LogP contribution is -2.16. The quantitative estimate of drug-likeness (QED) is 0.789. The minimum absolute atomic E-state index is 0.123. The first kappa shape index (κ1) is 11.0. The number of carbonyl (C=O) groups excluding carboxylic acids is 1. The fraction of sp³-hybridized carbons (Fsp3) is 0.417. The average Bonchev–Trinajstić information content (AvgIpc) is 2.98. The Morgan fingerprint density at radius 1 is 1.31 bits per heavy atom. The van der Waals surface area contributed by atoms with Gasteiger partial charge in [0.25, 0.3) is 0 Å². The molecule has 16 heavy (non-hydrogen) atoms. The van der Waals surface area contributed by atoms with E-state index in [1.807, 2.05) is 0 Å². The molecule has 1 aromatic carbocycles. The van der Waals surface area contributed by atoms with Crippen LogP contribution in [0.15, 0.2) is 24.3 Å². The van der Waals surface area contributed by atoms with Gasteiger partial charge in [-0.25, -0.2) is 0 Å². The molecule has 0 aromatic heterocycles. The minimum atomic E-state index is -2.81. The van der Waals surface area contributed by atoms with Crippen LogP contribution in [0.2, 0.25) is 0 Å². The second kappa shape index (κ2) is 3.85. The molecule has 1 aromatic rings. The van der Waals surface area contributed by atoms with Crippen molar-refractivity contribution in [1.82, 2.24) is 0 Å². The Hall–Kier alpha value is -1.45. The van der Waals surface area contributed by atoms with Crippen molar-refractivity contribution in [1.29, 1.82) is 0 Å². The molecule has 0 aliphatic heterocycles. The number of Topliss-reactive ketones (excluding diaryl/α,β-unsaturated/α-hetero) is 1. The number of ketones is 1. The highest BCUT2D eigenvalue weighted by atomic mass is 19.3. The van der Waals surface area contributed by atoms with Crippen LogP contribution in [0.3, 0.4) is 0 Å². The van der Waals surface area contributed by atoms with Gasteiger partial charge in [0.15, 0.2) is 0 Å². The van der Waals surface area contributed by atoms with Crippen molar-refractivity contribution in [2.75, 3.05) is 0 Å². The highest BCUT2D eigenvalue weighted by Gasteiger charge is 2.48. The fourth-order valence-electron chi connectivity index (χ4n) is 1.92. The average molecular weight is 226 g/mol. The Morgan fingerprint density at radius 3 is 2.25 bits per heavy atom. The van der Waals surface area contributed by atoms with Crippen LogP contribution in [0.5, 0.6) is 5.75 Å². The Bertz CT molecular complexity index is 394. The number of halogens is 2. The zero-order chi connectivity index (χ0) is 11.8. The number of ether oxygens (including phenoxy) is 1. The van der Waals surface area contributed by atoms with E-state index in [1.165, 1.54) is 12.1 Å². The van der Waals surface area contributed by atoms with Crippen LogP contribution < -0.4 is 4.74 Å². The monoisotopic (exact) mass is 226 g/mol. The molecular weight excluding hydrogens is 214 g/mol. The van der Waals surface area contributed by atoms with Gasteiger partial charge in [-0.1, -0.05) is 12.1 Å². The second-order valence-corrected chi connectivity index (χ2v) is 4.04. The third-order valence-corrected chi connectivity index (χ3v) is 3.06. The van der Waals surface area contributed by atoms with Crippen LogP contribution in [-0.4, -0.2) is 12.4 Å². The lowest BCUT2D eigenvalue weighted by atomic mass is 9.92. The molecule has 0 amide bonds. The summed E-state index contributed by atoms with van der Waals surface area (Å²) >= 11 is 0. The van der Waals surface area contributed by atoms with E-state index in [4.69, 9.17) is 0 Å². The maximum Gasteiger partial charge on any atom is 0.387 e. The molecule has 2 nitrogen and oxygen atoms in total. The van der Waals surface area contributed by atoms with E-state index in [0.717, 1.165) is 18.4 Å². The molecule has 0 heterocycles. The van der Waals surface area contributed by atoms with E-state index in [-0.39, 0.29) is 16.9 Å². The summed E-state index contributed by atoms with van der Waals surface area (Å²) in [6.07, 6.45) is 1.69. The van der Waals surface area contributed by atoms with Gasteiger partial charge >= 0.3 is 6.61 Å². The zero-order valence-corrected chi connectivity index (χ0v) is 8.87. The van der Waals surface area contributed by atoms with Crippen molar-refractivity contribution in [3.05, 3.63) is 29.8 Å². The lowest BCUT2D eigenvalue weighted by molar-refractivity contribution is -0.119. The first-order valence-corrected chi connectivity index (χ1v) is 5.11. The molecule has 1 aliphatic carbocycles. The van der Waals surface area contributed by atoms with Gasteiger partial charge in [0.05, 0.1) is 5.41 Å². The van der Waals surface area contributed by atoms with Gasteiger partial charge in [-0.2, -0.15) is 8.78 Å². The molecule has 0 spiro atoms. The standard InChI is InChI=1S/C12H12F2O2/c1-8(15)12(6-7-12)9-2-4-10(5-3-9)16-11(13)14/h2-5,11H,6-7H2,1H3. The summed E-state index contributed by atoms with van der Waals surface area (Å²) in [5, 5.41) is 0. The normalized spacial score (nSPS) is 17.2. The predicted octanol–water partition coefficient (Wildman–Crippen LogP) is 2.91. The van der Waals surface area contributed by atoms with Crippen molar-refractivity contribution in [3.63, 3.8) is 0 Å². The lowest BCUT2D eigenvalue weighted by Gasteiger charge is -2.12. The van der Waals surface area contributed by atoms with E-state index in [1.54, 1.807) is 19.1 Å². The molecule has 1 fully saturated rings. The Kier molecular flexibility index (Phi) is 2.66. The first-order chi connectivity index (χ1) is 7.54. The van der Waals surface area contributed by atoms with Gasteiger partial charge in [0.2, 0.25) is 0 Å². The number of hydrogen-bond acceptors (Lipinski definition) is 2. The molecule has 0 radical (unpaired) electrons. The van der Waals surface area contributed by atoms with Gasteiger partial charge in [-0.3, -0.25) is 4.79 Å². The highest BCUT2D eigenvalue weighted by Crippen LogP contribution is 2.49. The van der Waals surface area contributed by atoms with Gasteiger partial charge in [0.1, 0.15) is 11.5 Å². The van der Waals surface area contributed by atoms with Crippen LogP contribution in [0.1, 0.15) is 25.3 Å². The molecule has 0 N–H and O–H groups in total. The summed E-state index contributed by atoms with van der Waals surface area (Å²) in [4.78, 5) is 11.4. The van der Waals surface area contributed by atoms with Gasteiger partial charge < -0.3 is 4.74 Å². The van der Waals surface area contributed by atoms with Crippen molar-refractivity contribution in [3.8, 4) is 5.75 Å². The van der Waals surface area contributed by atoms with Crippen LogP contribution in [0, 0.1) is 0 Å². The van der Waals surface area contributed by atoms with Crippen LogP contribution in [0.25, 0.3) is 0 Å². The Labute approximate surface area is 92.2 Å². The second-order valence-electron chi connectivity index (χ2n) is 4.04. The van der Waals surface area contributed by atoms with Gasteiger partial charge in [0, 0.05) is 0 Å². The van der Waals surface area contributed by atoms with Crippen molar-refractivity contribution in [2.24, 2.45) is 0 Å². The fourth-order valence-corrected chi connectivity index (χ4v) is 1.92. The van der Waals surface area contributed by atoms with Crippen molar-refractivity contribution < 1.29 is 18.3 Å². The molecule has 0 unspecified atom stereocenters. The first-order valence-electron chi connectivity index (χ1n) is 5.11. The number of rotatable bonds is 4.